The van der Waals surface area contributed by atoms with E-state index in [1.807, 2.05) is 0 Å². The SMILES string of the molecule is CC(=O)O[C@H](C)[C@@H](C(=O)O)N(OC(C)(C)C)C(N)=O. The van der Waals surface area contributed by atoms with E-state index in [0.717, 1.165) is 6.92 Å². The number of nitrogens with zero attached hydrogens (tertiary/aromatic N) is 1. The molecule has 0 spiro atoms. The molecule has 19 heavy (non-hydrogen) atoms. The van der Waals surface area contributed by atoms with Gasteiger partial charge in [0.05, 0.1) is 5.60 Å². The van der Waals surface area contributed by atoms with Crippen LogP contribution in [-0.4, -0.2) is 45.9 Å². The normalized spacial score (nSPS) is 14.4. The molecule has 0 bridgehead atoms. The Kier molecular flexibility index (Phi) is 5.76. The van der Waals surface area contributed by atoms with Crippen LogP contribution in [0.4, 0.5) is 4.79 Å². The van der Waals surface area contributed by atoms with Gasteiger partial charge in [-0.2, -0.15) is 5.06 Å². The van der Waals surface area contributed by atoms with Gasteiger partial charge in [0.25, 0.3) is 0 Å². The highest BCUT2D eigenvalue weighted by Crippen LogP contribution is 2.17. The molecule has 2 atom stereocenters. The Morgan fingerprint density at radius 1 is 1.26 bits per heavy atom. The van der Waals surface area contributed by atoms with E-state index in [1.165, 1.54) is 6.92 Å². The summed E-state index contributed by atoms with van der Waals surface area (Å²) in [6.07, 6.45) is -1.11. The molecular formula is C11H20N2O6. The van der Waals surface area contributed by atoms with Crippen LogP contribution in [0.2, 0.25) is 0 Å². The lowest BCUT2D eigenvalue weighted by Gasteiger charge is -2.34. The number of amides is 2. The monoisotopic (exact) mass is 276 g/mol. The Morgan fingerprint density at radius 2 is 1.74 bits per heavy atom. The van der Waals surface area contributed by atoms with Gasteiger partial charge >= 0.3 is 18.0 Å². The fourth-order valence-electron chi connectivity index (χ4n) is 1.35. The number of esters is 1. The molecular weight excluding hydrogens is 256 g/mol. The topological polar surface area (TPSA) is 119 Å². The van der Waals surface area contributed by atoms with Crippen molar-refractivity contribution < 1.29 is 29.1 Å². The molecule has 0 aromatic carbocycles. The van der Waals surface area contributed by atoms with Gasteiger partial charge in [0.1, 0.15) is 6.10 Å². The predicted molar refractivity (Wildman–Crippen MR) is 64.9 cm³/mol. The summed E-state index contributed by atoms with van der Waals surface area (Å²) in [5, 5.41) is 9.66. The van der Waals surface area contributed by atoms with E-state index in [1.54, 1.807) is 20.8 Å². The second-order valence-corrected chi connectivity index (χ2v) is 4.97. The molecule has 0 radical (unpaired) electrons. The molecule has 0 heterocycles. The standard InChI is InChI=1S/C11H20N2O6/c1-6(18-7(2)14)8(9(15)16)13(10(12)17)19-11(3,4)5/h6,8H,1-5H3,(H2,12,17)(H,15,16)/t6-,8+/m1/s1. The predicted octanol–water partition coefficient (Wildman–Crippen LogP) is 0.502. The minimum absolute atomic E-state index is 0.510. The average molecular weight is 276 g/mol. The molecule has 0 unspecified atom stereocenters. The molecule has 0 rings (SSSR count). The van der Waals surface area contributed by atoms with Crippen molar-refractivity contribution in [1.29, 1.82) is 0 Å². The van der Waals surface area contributed by atoms with E-state index < -0.39 is 35.7 Å². The zero-order valence-corrected chi connectivity index (χ0v) is 11.7. The van der Waals surface area contributed by atoms with E-state index in [2.05, 4.69) is 0 Å². The van der Waals surface area contributed by atoms with Crippen LogP contribution < -0.4 is 5.73 Å². The molecule has 0 saturated heterocycles. The third-order valence-electron chi connectivity index (χ3n) is 1.89. The highest BCUT2D eigenvalue weighted by Gasteiger charge is 2.38. The maximum Gasteiger partial charge on any atom is 0.339 e. The molecule has 0 aromatic heterocycles. The number of hydrogen-bond donors (Lipinski definition) is 2. The number of nitrogens with two attached hydrogens (primary N) is 1. The number of carbonyl (C=O) groups is 3. The van der Waals surface area contributed by atoms with Crippen molar-refractivity contribution in [2.45, 2.75) is 52.4 Å². The molecule has 0 aromatic rings. The van der Waals surface area contributed by atoms with Gasteiger partial charge in [-0.15, -0.1) is 0 Å². The Morgan fingerprint density at radius 3 is 2.00 bits per heavy atom. The summed E-state index contributed by atoms with van der Waals surface area (Å²) in [6, 6.07) is -2.61. The van der Waals surface area contributed by atoms with Gasteiger partial charge in [0, 0.05) is 6.92 Å². The lowest BCUT2D eigenvalue weighted by Crippen LogP contribution is -2.55. The molecule has 2 amide bonds. The quantitative estimate of drug-likeness (QED) is 0.557. The highest BCUT2D eigenvalue weighted by atomic mass is 16.7. The summed E-state index contributed by atoms with van der Waals surface area (Å²) >= 11 is 0. The van der Waals surface area contributed by atoms with Crippen LogP contribution in [0.5, 0.6) is 0 Å². The minimum atomic E-state index is -1.53. The van der Waals surface area contributed by atoms with Crippen molar-refractivity contribution in [3.63, 3.8) is 0 Å². The summed E-state index contributed by atoms with van der Waals surface area (Å²) in [5.41, 5.74) is 4.27. The summed E-state index contributed by atoms with van der Waals surface area (Å²) in [4.78, 5) is 38.6. The first-order valence-electron chi connectivity index (χ1n) is 5.63. The van der Waals surface area contributed by atoms with Gasteiger partial charge in [-0.25, -0.2) is 9.59 Å². The molecule has 8 nitrogen and oxygen atoms in total. The second kappa shape index (κ2) is 6.37. The number of carbonyl (C=O) groups excluding carboxylic acids is 2. The first kappa shape index (κ1) is 17.2. The smallest absolute Gasteiger partial charge is 0.339 e. The zero-order chi connectivity index (χ0) is 15.4. The van der Waals surface area contributed by atoms with Crippen molar-refractivity contribution in [2.75, 3.05) is 0 Å². The molecule has 110 valence electrons. The molecule has 0 aliphatic rings. The number of rotatable bonds is 5. The maximum absolute atomic E-state index is 11.3. The Bertz CT molecular complexity index is 363. The summed E-state index contributed by atoms with van der Waals surface area (Å²) in [7, 11) is 0. The van der Waals surface area contributed by atoms with Crippen molar-refractivity contribution in [3.8, 4) is 0 Å². The van der Waals surface area contributed by atoms with E-state index in [0.29, 0.717) is 5.06 Å². The lowest BCUT2D eigenvalue weighted by atomic mass is 10.1. The molecule has 8 heteroatoms. The van der Waals surface area contributed by atoms with Crippen LogP contribution in [0.15, 0.2) is 0 Å². The third kappa shape index (κ3) is 6.05. The Hall–Kier alpha value is -1.83. The fraction of sp³-hybridized carbons (Fsp3) is 0.727. The number of urea groups is 1. The highest BCUT2D eigenvalue weighted by molar-refractivity contribution is 5.81. The van der Waals surface area contributed by atoms with Crippen LogP contribution in [-0.2, 0) is 19.2 Å². The van der Waals surface area contributed by atoms with Gasteiger partial charge in [0.15, 0.2) is 6.04 Å². The van der Waals surface area contributed by atoms with Crippen molar-refractivity contribution >= 4 is 18.0 Å². The van der Waals surface area contributed by atoms with Gasteiger partial charge < -0.3 is 15.6 Å². The Balaban J connectivity index is 5.24. The Labute approximate surface area is 111 Å². The van der Waals surface area contributed by atoms with Crippen molar-refractivity contribution in [1.82, 2.24) is 5.06 Å². The number of primary amides is 1. The van der Waals surface area contributed by atoms with Crippen molar-refractivity contribution in [3.05, 3.63) is 0 Å². The minimum Gasteiger partial charge on any atom is -0.480 e. The summed E-state index contributed by atoms with van der Waals surface area (Å²) in [5.74, 6) is -2.06. The zero-order valence-electron chi connectivity index (χ0n) is 11.7. The first-order chi connectivity index (χ1) is 8.45. The molecule has 0 fully saturated rings. The number of hydroxylamine groups is 2. The third-order valence-corrected chi connectivity index (χ3v) is 1.89. The number of ether oxygens (including phenoxy) is 1. The maximum atomic E-state index is 11.3. The second-order valence-electron chi connectivity index (χ2n) is 4.97. The number of carboxylic acid groups (broad SMARTS) is 1. The molecule has 0 aliphatic carbocycles. The van der Waals surface area contributed by atoms with E-state index >= 15 is 0 Å². The van der Waals surface area contributed by atoms with Crippen LogP contribution >= 0.6 is 0 Å². The molecule has 0 saturated carbocycles. The van der Waals surface area contributed by atoms with Gasteiger partial charge in [-0.1, -0.05) is 0 Å². The van der Waals surface area contributed by atoms with E-state index in [4.69, 9.17) is 20.4 Å². The van der Waals surface area contributed by atoms with E-state index in [-0.39, 0.29) is 0 Å². The van der Waals surface area contributed by atoms with Gasteiger partial charge in [-0.3, -0.25) is 9.63 Å². The number of aliphatic carboxylic acids is 1. The summed E-state index contributed by atoms with van der Waals surface area (Å²) in [6.45, 7) is 7.34. The average Bonchev–Trinajstić information content (AvgIpc) is 2.12. The van der Waals surface area contributed by atoms with Crippen LogP contribution in [0, 0.1) is 0 Å². The van der Waals surface area contributed by atoms with Crippen LogP contribution in [0.25, 0.3) is 0 Å². The number of carboxylic acids is 1. The lowest BCUT2D eigenvalue weighted by molar-refractivity contribution is -0.230. The molecule has 0 aliphatic heterocycles. The largest absolute Gasteiger partial charge is 0.480 e. The van der Waals surface area contributed by atoms with Crippen LogP contribution in [0.1, 0.15) is 34.6 Å². The van der Waals surface area contributed by atoms with Gasteiger partial charge in [-0.05, 0) is 27.7 Å². The van der Waals surface area contributed by atoms with Crippen LogP contribution in [0.3, 0.4) is 0 Å². The van der Waals surface area contributed by atoms with Gasteiger partial charge in [0.2, 0.25) is 0 Å². The molecule has 3 N–H and O–H groups in total. The van der Waals surface area contributed by atoms with Crippen molar-refractivity contribution in [2.24, 2.45) is 5.73 Å². The fourth-order valence-corrected chi connectivity index (χ4v) is 1.35. The van der Waals surface area contributed by atoms with E-state index in [9.17, 15) is 14.4 Å². The number of hydrogen-bond acceptors (Lipinski definition) is 5. The summed E-state index contributed by atoms with van der Waals surface area (Å²) < 4.78 is 4.77. The first-order valence-corrected chi connectivity index (χ1v) is 5.63.